The Bertz CT molecular complexity index is 1100. The van der Waals surface area contributed by atoms with Gasteiger partial charge in [0.1, 0.15) is 5.76 Å². The molecule has 0 unspecified atom stereocenters. The molecule has 1 aromatic carbocycles. The van der Waals surface area contributed by atoms with Crippen molar-refractivity contribution in [2.75, 3.05) is 0 Å². The molecule has 0 bridgehead atoms. The Morgan fingerprint density at radius 1 is 1.03 bits per heavy atom. The third-order valence-electron chi connectivity index (χ3n) is 5.00. The summed E-state index contributed by atoms with van der Waals surface area (Å²) in [6.45, 7) is 3.85. The fraction of sp³-hybridized carbons (Fsp3) is 0.273. The number of carbonyl (C=O) groups is 1. The molecule has 1 amide bonds. The minimum Gasteiger partial charge on any atom is -0.467 e. The topological polar surface area (TPSA) is 60.4 Å². The second kappa shape index (κ2) is 8.53. The van der Waals surface area contributed by atoms with Crippen molar-refractivity contribution in [1.82, 2.24) is 14.0 Å². The SMILES string of the molecule is CCn1c(=O)n(CCC(=O)N(Cc2ccco2)Cc2cccs2)c2ccccc21. The van der Waals surface area contributed by atoms with E-state index in [1.54, 1.807) is 31.6 Å². The molecule has 0 N–H and O–H groups in total. The summed E-state index contributed by atoms with van der Waals surface area (Å²) in [7, 11) is 0. The highest BCUT2D eigenvalue weighted by atomic mass is 32.1. The van der Waals surface area contributed by atoms with Gasteiger partial charge in [-0.05, 0) is 42.6 Å². The maximum Gasteiger partial charge on any atom is 0.329 e. The van der Waals surface area contributed by atoms with E-state index in [-0.39, 0.29) is 18.0 Å². The Hall–Kier alpha value is -3.06. The Labute approximate surface area is 172 Å². The van der Waals surface area contributed by atoms with E-state index in [1.807, 2.05) is 60.8 Å². The average molecular weight is 410 g/mol. The molecule has 0 aliphatic rings. The highest BCUT2D eigenvalue weighted by Gasteiger charge is 2.18. The van der Waals surface area contributed by atoms with Gasteiger partial charge >= 0.3 is 5.69 Å². The van der Waals surface area contributed by atoms with Crippen LogP contribution in [0.4, 0.5) is 0 Å². The van der Waals surface area contributed by atoms with Crippen LogP contribution in [0.25, 0.3) is 11.0 Å². The molecule has 3 heterocycles. The van der Waals surface area contributed by atoms with Crippen LogP contribution < -0.4 is 5.69 Å². The number of benzene rings is 1. The number of aromatic nitrogens is 2. The molecular weight excluding hydrogens is 386 g/mol. The summed E-state index contributed by atoms with van der Waals surface area (Å²) < 4.78 is 8.89. The molecule has 0 spiro atoms. The van der Waals surface area contributed by atoms with Crippen LogP contribution in [-0.4, -0.2) is 19.9 Å². The lowest BCUT2D eigenvalue weighted by atomic mass is 10.3. The summed E-state index contributed by atoms with van der Waals surface area (Å²) >= 11 is 1.62. The number of para-hydroxylation sites is 2. The zero-order valence-corrected chi connectivity index (χ0v) is 17.1. The van der Waals surface area contributed by atoms with Crippen molar-refractivity contribution in [3.05, 3.63) is 81.3 Å². The van der Waals surface area contributed by atoms with Gasteiger partial charge in [0.05, 0.1) is 30.4 Å². The highest BCUT2D eigenvalue weighted by molar-refractivity contribution is 7.09. The molecular formula is C22H23N3O3S. The second-order valence-corrected chi connectivity index (χ2v) is 7.86. The number of furan rings is 1. The Morgan fingerprint density at radius 2 is 1.83 bits per heavy atom. The van der Waals surface area contributed by atoms with E-state index in [4.69, 9.17) is 4.42 Å². The van der Waals surface area contributed by atoms with Crippen LogP contribution in [0.3, 0.4) is 0 Å². The van der Waals surface area contributed by atoms with Crippen LogP contribution in [0.15, 0.2) is 69.4 Å². The molecule has 0 saturated heterocycles. The van der Waals surface area contributed by atoms with Crippen LogP contribution in [-0.2, 0) is 31.0 Å². The summed E-state index contributed by atoms with van der Waals surface area (Å²) in [5.74, 6) is 0.740. The summed E-state index contributed by atoms with van der Waals surface area (Å²) in [6.07, 6.45) is 1.87. The molecule has 4 rings (SSSR count). The summed E-state index contributed by atoms with van der Waals surface area (Å²) in [6, 6.07) is 15.4. The third kappa shape index (κ3) is 4.05. The fourth-order valence-corrected chi connectivity index (χ4v) is 4.29. The molecule has 3 aromatic heterocycles. The van der Waals surface area contributed by atoms with Gasteiger partial charge in [0.25, 0.3) is 0 Å². The maximum atomic E-state index is 13.1. The van der Waals surface area contributed by atoms with Crippen LogP contribution in [0, 0.1) is 0 Å². The van der Waals surface area contributed by atoms with E-state index in [0.717, 1.165) is 21.7 Å². The van der Waals surface area contributed by atoms with Crippen molar-refractivity contribution < 1.29 is 9.21 Å². The van der Waals surface area contributed by atoms with E-state index in [9.17, 15) is 9.59 Å². The highest BCUT2D eigenvalue weighted by Crippen LogP contribution is 2.17. The lowest BCUT2D eigenvalue weighted by Crippen LogP contribution is -2.32. The zero-order valence-electron chi connectivity index (χ0n) is 16.3. The molecule has 29 heavy (non-hydrogen) atoms. The number of imidazole rings is 1. The van der Waals surface area contributed by atoms with Gasteiger partial charge in [-0.1, -0.05) is 18.2 Å². The summed E-state index contributed by atoms with van der Waals surface area (Å²) in [4.78, 5) is 28.8. The number of aryl methyl sites for hydroxylation is 2. The molecule has 0 radical (unpaired) electrons. The number of hydrogen-bond donors (Lipinski definition) is 0. The predicted molar refractivity (Wildman–Crippen MR) is 114 cm³/mol. The monoisotopic (exact) mass is 409 g/mol. The summed E-state index contributed by atoms with van der Waals surface area (Å²) in [5, 5.41) is 2.00. The second-order valence-electron chi connectivity index (χ2n) is 6.83. The number of hydrogen-bond acceptors (Lipinski definition) is 4. The van der Waals surface area contributed by atoms with Crippen molar-refractivity contribution in [2.24, 2.45) is 0 Å². The molecule has 4 aromatic rings. The minimum atomic E-state index is -0.0719. The van der Waals surface area contributed by atoms with Crippen molar-refractivity contribution in [3.8, 4) is 0 Å². The van der Waals surface area contributed by atoms with Gasteiger partial charge in [0.2, 0.25) is 5.91 Å². The fourth-order valence-electron chi connectivity index (χ4n) is 3.57. The zero-order chi connectivity index (χ0) is 20.2. The summed E-state index contributed by atoms with van der Waals surface area (Å²) in [5.41, 5.74) is 1.69. The number of amides is 1. The van der Waals surface area contributed by atoms with Crippen LogP contribution >= 0.6 is 11.3 Å². The lowest BCUT2D eigenvalue weighted by molar-refractivity contribution is -0.132. The first-order valence-electron chi connectivity index (χ1n) is 9.68. The average Bonchev–Trinajstić information content (AvgIpc) is 3.47. The van der Waals surface area contributed by atoms with E-state index in [1.165, 1.54) is 0 Å². The van der Waals surface area contributed by atoms with Gasteiger partial charge in [0.15, 0.2) is 0 Å². The Balaban J connectivity index is 1.54. The maximum absolute atomic E-state index is 13.1. The van der Waals surface area contributed by atoms with E-state index in [0.29, 0.717) is 26.2 Å². The molecule has 0 saturated carbocycles. The third-order valence-corrected chi connectivity index (χ3v) is 5.86. The van der Waals surface area contributed by atoms with E-state index >= 15 is 0 Å². The van der Waals surface area contributed by atoms with Crippen molar-refractivity contribution in [1.29, 1.82) is 0 Å². The van der Waals surface area contributed by atoms with Crippen LogP contribution in [0.2, 0.25) is 0 Å². The molecule has 6 nitrogen and oxygen atoms in total. The van der Waals surface area contributed by atoms with Crippen molar-refractivity contribution in [2.45, 2.75) is 39.5 Å². The van der Waals surface area contributed by atoms with Gasteiger partial charge in [-0.2, -0.15) is 0 Å². The Morgan fingerprint density at radius 3 is 2.48 bits per heavy atom. The number of carbonyl (C=O) groups excluding carboxylic acids is 1. The largest absolute Gasteiger partial charge is 0.467 e. The quantitative estimate of drug-likeness (QED) is 0.440. The minimum absolute atomic E-state index is 0.00460. The van der Waals surface area contributed by atoms with Gasteiger partial charge in [-0.25, -0.2) is 4.79 Å². The van der Waals surface area contributed by atoms with E-state index in [2.05, 4.69) is 0 Å². The molecule has 150 valence electrons. The molecule has 0 fully saturated rings. The van der Waals surface area contributed by atoms with Gasteiger partial charge < -0.3 is 9.32 Å². The van der Waals surface area contributed by atoms with Gasteiger partial charge in [0, 0.05) is 24.4 Å². The smallest absolute Gasteiger partial charge is 0.329 e. The van der Waals surface area contributed by atoms with Gasteiger partial charge in [-0.15, -0.1) is 11.3 Å². The number of nitrogens with zero attached hydrogens (tertiary/aromatic N) is 3. The standard InChI is InChI=1S/C22H23N3O3S/c1-2-24-19-9-3-4-10-20(19)25(22(24)27)12-11-21(26)23(15-17-7-5-13-28-17)16-18-8-6-14-29-18/h3-10,13-14H,2,11-12,15-16H2,1H3. The number of rotatable bonds is 8. The van der Waals surface area contributed by atoms with E-state index < -0.39 is 0 Å². The first kappa shape index (κ1) is 19.3. The van der Waals surface area contributed by atoms with Crippen molar-refractivity contribution in [3.63, 3.8) is 0 Å². The molecule has 0 aliphatic carbocycles. The number of thiophene rings is 1. The van der Waals surface area contributed by atoms with Crippen LogP contribution in [0.1, 0.15) is 24.0 Å². The Kier molecular flexibility index (Phi) is 5.67. The molecule has 0 atom stereocenters. The first-order chi connectivity index (χ1) is 14.2. The predicted octanol–water partition coefficient (Wildman–Crippen LogP) is 4.10. The normalized spacial score (nSPS) is 11.2. The first-order valence-corrected chi connectivity index (χ1v) is 10.6. The van der Waals surface area contributed by atoms with Crippen LogP contribution in [0.5, 0.6) is 0 Å². The lowest BCUT2D eigenvalue weighted by Gasteiger charge is -2.21. The number of fused-ring (bicyclic) bond motifs is 1. The van der Waals surface area contributed by atoms with Gasteiger partial charge in [-0.3, -0.25) is 13.9 Å². The molecule has 7 heteroatoms. The molecule has 0 aliphatic heterocycles. The van der Waals surface area contributed by atoms with Crippen molar-refractivity contribution >= 4 is 28.3 Å².